The van der Waals surface area contributed by atoms with Crippen molar-refractivity contribution in [3.8, 4) is 17.4 Å². The lowest BCUT2D eigenvalue weighted by Gasteiger charge is -2.34. The van der Waals surface area contributed by atoms with Gasteiger partial charge in [-0.3, -0.25) is 9.69 Å². The Morgan fingerprint density at radius 1 is 1.21 bits per heavy atom. The van der Waals surface area contributed by atoms with Gasteiger partial charge in [0.2, 0.25) is 0 Å². The summed E-state index contributed by atoms with van der Waals surface area (Å²) in [6.45, 7) is 4.13. The zero-order valence-corrected chi connectivity index (χ0v) is 17.2. The van der Waals surface area contributed by atoms with Crippen LogP contribution in [0.2, 0.25) is 5.02 Å². The van der Waals surface area contributed by atoms with Crippen LogP contribution in [0.25, 0.3) is 17.4 Å². The Hall–Kier alpha value is -2.53. The number of amidine groups is 1. The first kappa shape index (κ1) is 19.8. The molecule has 0 bridgehead atoms. The van der Waals surface area contributed by atoms with Crippen LogP contribution in [-0.4, -0.2) is 53.6 Å². The number of benzene rings is 1. The average molecular weight is 427 g/mol. The monoisotopic (exact) mass is 426 g/mol. The first-order valence-electron chi connectivity index (χ1n) is 9.35. The second kappa shape index (κ2) is 8.87. The fraction of sp³-hybridized carbons (Fsp3) is 0.286. The normalized spacial score (nSPS) is 18.9. The van der Waals surface area contributed by atoms with Gasteiger partial charge in [0.15, 0.2) is 5.17 Å². The number of carbonyl (C=O) groups is 1. The second-order valence-corrected chi connectivity index (χ2v) is 8.15. The van der Waals surface area contributed by atoms with Crippen molar-refractivity contribution >= 4 is 40.5 Å². The molecule has 0 unspecified atom stereocenters. The topological polar surface area (TPSA) is 72.8 Å². The van der Waals surface area contributed by atoms with Gasteiger partial charge < -0.3 is 9.32 Å². The molecule has 1 fully saturated rings. The maximum atomic E-state index is 12.4. The van der Waals surface area contributed by atoms with Crippen molar-refractivity contribution in [2.75, 3.05) is 32.7 Å². The third-order valence-electron chi connectivity index (χ3n) is 4.83. The van der Waals surface area contributed by atoms with Crippen molar-refractivity contribution in [1.82, 2.24) is 9.80 Å². The number of nitrogens with zero attached hydrogens (tertiary/aromatic N) is 4. The van der Waals surface area contributed by atoms with Crippen LogP contribution in [-0.2, 0) is 4.79 Å². The molecule has 148 valence electrons. The summed E-state index contributed by atoms with van der Waals surface area (Å²) < 4.78 is 5.87. The summed E-state index contributed by atoms with van der Waals surface area (Å²) in [5.74, 6) is 1.01. The molecule has 0 aliphatic carbocycles. The van der Waals surface area contributed by atoms with Crippen LogP contribution >= 0.6 is 23.4 Å². The van der Waals surface area contributed by atoms with E-state index in [0.717, 1.165) is 43.5 Å². The quantitative estimate of drug-likeness (QED) is 0.685. The minimum atomic E-state index is -0.243. The molecule has 6 nitrogen and oxygen atoms in total. The van der Waals surface area contributed by atoms with E-state index in [9.17, 15) is 4.79 Å². The average Bonchev–Trinajstić information content (AvgIpc) is 3.34. The number of thioether (sulfide) groups is 1. The van der Waals surface area contributed by atoms with E-state index in [-0.39, 0.29) is 5.91 Å². The minimum absolute atomic E-state index is 0.243. The summed E-state index contributed by atoms with van der Waals surface area (Å²) in [4.78, 5) is 21.5. The highest BCUT2D eigenvalue weighted by Crippen LogP contribution is 2.33. The maximum absolute atomic E-state index is 12.4. The van der Waals surface area contributed by atoms with Gasteiger partial charge >= 0.3 is 0 Å². The van der Waals surface area contributed by atoms with E-state index in [1.54, 1.807) is 6.08 Å². The molecule has 3 heterocycles. The van der Waals surface area contributed by atoms with Gasteiger partial charge in [-0.05, 0) is 36.0 Å². The van der Waals surface area contributed by atoms with Gasteiger partial charge in [0.25, 0.3) is 5.91 Å². The molecule has 1 amide bonds. The van der Waals surface area contributed by atoms with Crippen molar-refractivity contribution in [1.29, 1.82) is 5.26 Å². The van der Waals surface area contributed by atoms with Crippen LogP contribution in [0.15, 0.2) is 50.7 Å². The summed E-state index contributed by atoms with van der Waals surface area (Å²) in [7, 11) is 0. The van der Waals surface area contributed by atoms with Crippen LogP contribution in [0.3, 0.4) is 0 Å². The van der Waals surface area contributed by atoms with Crippen LogP contribution < -0.4 is 0 Å². The van der Waals surface area contributed by atoms with E-state index in [2.05, 4.69) is 20.9 Å². The fourth-order valence-electron chi connectivity index (χ4n) is 3.27. The van der Waals surface area contributed by atoms with Gasteiger partial charge in [-0.25, -0.2) is 0 Å². The van der Waals surface area contributed by atoms with E-state index in [0.29, 0.717) is 27.9 Å². The lowest BCUT2D eigenvalue weighted by molar-refractivity contribution is -0.113. The third-order valence-corrected chi connectivity index (χ3v) is 6.21. The molecule has 29 heavy (non-hydrogen) atoms. The Morgan fingerprint density at radius 3 is 2.76 bits per heavy atom. The summed E-state index contributed by atoms with van der Waals surface area (Å²) in [6.07, 6.45) is 2.27. The fourth-order valence-corrected chi connectivity index (χ4v) is 4.44. The van der Waals surface area contributed by atoms with Crippen molar-refractivity contribution in [3.63, 3.8) is 0 Å². The number of piperazine rings is 1. The number of amides is 1. The van der Waals surface area contributed by atoms with Crippen LogP contribution in [0, 0.1) is 11.3 Å². The predicted molar refractivity (Wildman–Crippen MR) is 115 cm³/mol. The highest BCUT2D eigenvalue weighted by atomic mass is 35.5. The number of carbonyl (C=O) groups excluding carboxylic acids is 1. The first-order chi connectivity index (χ1) is 14.1. The summed E-state index contributed by atoms with van der Waals surface area (Å²) in [5, 5.41) is 10.1. The Bertz CT molecular complexity index is 1020. The summed E-state index contributed by atoms with van der Waals surface area (Å²) in [5.41, 5.74) is 0.815. The van der Waals surface area contributed by atoms with Crippen LogP contribution in [0.1, 0.15) is 12.2 Å². The van der Waals surface area contributed by atoms with Crippen LogP contribution in [0.4, 0.5) is 0 Å². The molecule has 0 saturated carbocycles. The van der Waals surface area contributed by atoms with Crippen molar-refractivity contribution in [2.24, 2.45) is 4.99 Å². The molecule has 2 aromatic rings. The number of hydrogen-bond donors (Lipinski definition) is 0. The maximum Gasteiger partial charge on any atom is 0.286 e. The molecular formula is C21H19ClN4O2S. The highest BCUT2D eigenvalue weighted by molar-refractivity contribution is 8.18. The first-order valence-corrected chi connectivity index (χ1v) is 10.5. The molecular weight excluding hydrogens is 408 g/mol. The molecule has 4 rings (SSSR count). The SMILES string of the molecule is N#CCCN1CCN(C2=NC(=O)C(=Cc3ccc(-c4ccccc4Cl)o3)S2)CC1. The van der Waals surface area contributed by atoms with Gasteiger partial charge in [0.05, 0.1) is 16.0 Å². The zero-order valence-electron chi connectivity index (χ0n) is 15.7. The van der Waals surface area contributed by atoms with Crippen LogP contribution in [0.5, 0.6) is 0 Å². The number of nitriles is 1. The Kier molecular flexibility index (Phi) is 6.05. The number of furan rings is 1. The number of halogens is 1. The molecule has 0 radical (unpaired) electrons. The molecule has 2 aliphatic heterocycles. The predicted octanol–water partition coefficient (Wildman–Crippen LogP) is 4.10. The molecule has 1 saturated heterocycles. The van der Waals surface area contributed by atoms with E-state index >= 15 is 0 Å². The molecule has 8 heteroatoms. The zero-order chi connectivity index (χ0) is 20.2. The van der Waals surface area contributed by atoms with Gasteiger partial charge in [0, 0.05) is 50.8 Å². The smallest absolute Gasteiger partial charge is 0.286 e. The number of hydrogen-bond acceptors (Lipinski definition) is 6. The Morgan fingerprint density at radius 2 is 2.00 bits per heavy atom. The lowest BCUT2D eigenvalue weighted by Crippen LogP contribution is -2.47. The molecule has 0 atom stereocenters. The largest absolute Gasteiger partial charge is 0.457 e. The van der Waals surface area contributed by atoms with E-state index in [4.69, 9.17) is 21.3 Å². The van der Waals surface area contributed by atoms with Gasteiger partial charge in [-0.1, -0.05) is 23.7 Å². The summed E-state index contributed by atoms with van der Waals surface area (Å²) in [6, 6.07) is 13.3. The second-order valence-electron chi connectivity index (χ2n) is 6.73. The van der Waals surface area contributed by atoms with E-state index in [1.165, 1.54) is 11.8 Å². The third kappa shape index (κ3) is 4.56. The molecule has 0 spiro atoms. The van der Waals surface area contributed by atoms with E-state index < -0.39 is 0 Å². The van der Waals surface area contributed by atoms with Gasteiger partial charge in [-0.15, -0.1) is 0 Å². The van der Waals surface area contributed by atoms with Crippen molar-refractivity contribution < 1.29 is 9.21 Å². The van der Waals surface area contributed by atoms with Crippen molar-refractivity contribution in [2.45, 2.75) is 6.42 Å². The van der Waals surface area contributed by atoms with Crippen molar-refractivity contribution in [3.05, 3.63) is 52.1 Å². The standard InChI is InChI=1S/C21H19ClN4O2S/c22-17-5-2-1-4-16(17)18-7-6-15(28-18)14-19-20(27)24-21(29-19)26-12-10-25(11-13-26)9-3-8-23/h1-2,4-7,14H,3,9-13H2. The molecule has 2 aliphatic rings. The molecule has 0 N–H and O–H groups in total. The Balaban J connectivity index is 1.41. The van der Waals surface area contributed by atoms with Gasteiger partial charge in [0.1, 0.15) is 11.5 Å². The highest BCUT2D eigenvalue weighted by Gasteiger charge is 2.28. The van der Waals surface area contributed by atoms with E-state index in [1.807, 2.05) is 36.4 Å². The summed E-state index contributed by atoms with van der Waals surface area (Å²) >= 11 is 7.61. The molecule has 1 aromatic heterocycles. The molecule has 1 aromatic carbocycles. The lowest BCUT2D eigenvalue weighted by atomic mass is 10.2. The number of aliphatic imine (C=N–C) groups is 1. The number of rotatable bonds is 4. The van der Waals surface area contributed by atoms with Gasteiger partial charge in [-0.2, -0.15) is 10.3 Å². The minimum Gasteiger partial charge on any atom is -0.457 e. The Labute approximate surface area is 178 Å².